The molecule has 0 radical (unpaired) electrons. The molecule has 2 heterocycles. The summed E-state index contributed by atoms with van der Waals surface area (Å²) in [4.78, 5) is 25.7. The first-order valence-electron chi connectivity index (χ1n) is 8.33. The van der Waals surface area contributed by atoms with Crippen molar-refractivity contribution in [3.05, 3.63) is 16.9 Å². The van der Waals surface area contributed by atoms with Crippen LogP contribution in [0.15, 0.2) is 6.20 Å². The Morgan fingerprint density at radius 1 is 1.50 bits per heavy atom. The second-order valence-electron chi connectivity index (χ2n) is 6.32. The third-order valence-electron chi connectivity index (χ3n) is 4.31. The van der Waals surface area contributed by atoms with E-state index >= 15 is 0 Å². The van der Waals surface area contributed by atoms with Crippen molar-refractivity contribution in [1.29, 1.82) is 0 Å². The maximum Gasteiger partial charge on any atom is 0.276 e. The molecule has 0 bridgehead atoms. The number of likely N-dealkylation sites (tertiary alicyclic amines) is 1. The molecular weight excluding hydrogens is 332 g/mol. The van der Waals surface area contributed by atoms with Gasteiger partial charge in [-0.3, -0.25) is 14.3 Å². The standard InChI is InChI=1S/C16H25ClN4O3/c1-3-8-21-10-12(17)14(19-21)15(23)20-9-4-6-16(24,11-20)7-5-13(22)18-2/h10,24H,3-9,11H2,1-2H3,(H,18,22)/t16-/m0/s1. The number of carbonyl (C=O) groups is 2. The van der Waals surface area contributed by atoms with Crippen LogP contribution in [0.1, 0.15) is 49.5 Å². The van der Waals surface area contributed by atoms with Crippen LogP contribution in [-0.4, -0.2) is 57.3 Å². The van der Waals surface area contributed by atoms with Crippen LogP contribution in [0.4, 0.5) is 0 Å². The molecular formula is C16H25ClN4O3. The zero-order valence-corrected chi connectivity index (χ0v) is 15.0. The molecule has 1 fully saturated rings. The summed E-state index contributed by atoms with van der Waals surface area (Å²) in [6, 6.07) is 0. The second kappa shape index (κ2) is 7.98. The van der Waals surface area contributed by atoms with Crippen LogP contribution in [0.25, 0.3) is 0 Å². The van der Waals surface area contributed by atoms with Gasteiger partial charge in [0.2, 0.25) is 5.91 Å². The lowest BCUT2D eigenvalue weighted by Gasteiger charge is -2.39. The van der Waals surface area contributed by atoms with Crippen LogP contribution in [0, 0.1) is 0 Å². The Kier molecular flexibility index (Phi) is 6.23. The van der Waals surface area contributed by atoms with Gasteiger partial charge in [0.1, 0.15) is 0 Å². The van der Waals surface area contributed by atoms with E-state index < -0.39 is 5.60 Å². The number of rotatable bonds is 6. The number of aryl methyl sites for hydroxylation is 1. The maximum absolute atomic E-state index is 12.7. The van der Waals surface area contributed by atoms with E-state index in [1.807, 2.05) is 6.92 Å². The average molecular weight is 357 g/mol. The van der Waals surface area contributed by atoms with Gasteiger partial charge in [-0.15, -0.1) is 0 Å². The highest BCUT2D eigenvalue weighted by atomic mass is 35.5. The highest BCUT2D eigenvalue weighted by molar-refractivity contribution is 6.33. The van der Waals surface area contributed by atoms with E-state index in [1.54, 1.807) is 22.8 Å². The predicted molar refractivity (Wildman–Crippen MR) is 90.9 cm³/mol. The summed E-state index contributed by atoms with van der Waals surface area (Å²) in [7, 11) is 1.57. The van der Waals surface area contributed by atoms with Crippen molar-refractivity contribution in [2.45, 2.75) is 51.2 Å². The van der Waals surface area contributed by atoms with Gasteiger partial charge in [0.25, 0.3) is 5.91 Å². The van der Waals surface area contributed by atoms with Crippen LogP contribution in [0.2, 0.25) is 5.02 Å². The summed E-state index contributed by atoms with van der Waals surface area (Å²) in [6.07, 6.45) is 4.37. The molecule has 2 amide bonds. The third kappa shape index (κ3) is 4.48. The van der Waals surface area contributed by atoms with Gasteiger partial charge in [0, 0.05) is 39.3 Å². The van der Waals surface area contributed by atoms with Crippen LogP contribution >= 0.6 is 11.6 Å². The zero-order valence-electron chi connectivity index (χ0n) is 14.2. The Morgan fingerprint density at radius 3 is 2.92 bits per heavy atom. The Balaban J connectivity index is 2.05. The zero-order chi connectivity index (χ0) is 17.7. The normalized spacial score (nSPS) is 20.9. The third-order valence-corrected chi connectivity index (χ3v) is 4.59. The fourth-order valence-corrected chi connectivity index (χ4v) is 3.23. The Labute approximate surface area is 147 Å². The molecule has 0 aromatic carbocycles. The lowest BCUT2D eigenvalue weighted by Crippen LogP contribution is -2.50. The largest absolute Gasteiger partial charge is 0.388 e. The fourth-order valence-electron chi connectivity index (χ4n) is 3.00. The van der Waals surface area contributed by atoms with Gasteiger partial charge in [0.15, 0.2) is 5.69 Å². The van der Waals surface area contributed by atoms with Crippen LogP contribution < -0.4 is 5.32 Å². The molecule has 1 aromatic heterocycles. The molecule has 2 N–H and O–H groups in total. The van der Waals surface area contributed by atoms with E-state index in [2.05, 4.69) is 10.4 Å². The molecule has 0 spiro atoms. The Morgan fingerprint density at radius 2 is 2.25 bits per heavy atom. The number of amides is 2. The summed E-state index contributed by atoms with van der Waals surface area (Å²) in [5.74, 6) is -0.388. The molecule has 2 rings (SSSR count). The maximum atomic E-state index is 12.7. The summed E-state index contributed by atoms with van der Waals surface area (Å²) >= 11 is 6.14. The van der Waals surface area contributed by atoms with Gasteiger partial charge in [-0.05, 0) is 25.7 Å². The van der Waals surface area contributed by atoms with E-state index in [1.165, 1.54) is 0 Å². The lowest BCUT2D eigenvalue weighted by atomic mass is 9.88. The molecule has 1 aliphatic rings. The Hall–Kier alpha value is -1.60. The fraction of sp³-hybridized carbons (Fsp3) is 0.688. The molecule has 0 aliphatic carbocycles. The first-order chi connectivity index (χ1) is 11.4. The number of β-amino-alcohol motifs (C(OH)–C–C–N with tert-alkyl or cyclic N) is 1. The number of halogens is 1. The predicted octanol–water partition coefficient (Wildman–Crippen LogP) is 1.44. The van der Waals surface area contributed by atoms with Gasteiger partial charge in [0.05, 0.1) is 10.6 Å². The number of aliphatic hydroxyl groups is 1. The highest BCUT2D eigenvalue weighted by Gasteiger charge is 2.36. The van der Waals surface area contributed by atoms with E-state index in [9.17, 15) is 14.7 Å². The molecule has 1 saturated heterocycles. The van der Waals surface area contributed by atoms with E-state index in [4.69, 9.17) is 11.6 Å². The highest BCUT2D eigenvalue weighted by Crippen LogP contribution is 2.27. The quantitative estimate of drug-likeness (QED) is 0.807. The molecule has 1 atom stereocenters. The SMILES string of the molecule is CCCn1cc(Cl)c(C(=O)N2CCC[C@](O)(CCC(=O)NC)C2)n1. The van der Waals surface area contributed by atoms with Crippen LogP contribution in [-0.2, 0) is 11.3 Å². The molecule has 134 valence electrons. The molecule has 24 heavy (non-hydrogen) atoms. The number of nitrogens with one attached hydrogen (secondary N) is 1. The minimum Gasteiger partial charge on any atom is -0.388 e. The number of carbonyl (C=O) groups excluding carboxylic acids is 2. The van der Waals surface area contributed by atoms with E-state index in [0.717, 1.165) is 6.42 Å². The topological polar surface area (TPSA) is 87.5 Å². The lowest BCUT2D eigenvalue weighted by molar-refractivity contribution is -0.122. The number of hydrogen-bond acceptors (Lipinski definition) is 4. The second-order valence-corrected chi connectivity index (χ2v) is 6.72. The van der Waals surface area contributed by atoms with Gasteiger partial charge in [-0.25, -0.2) is 0 Å². The van der Waals surface area contributed by atoms with E-state index in [-0.39, 0.29) is 30.5 Å². The average Bonchev–Trinajstić information content (AvgIpc) is 2.93. The summed E-state index contributed by atoms with van der Waals surface area (Å²) in [6.45, 7) is 3.47. The Bertz CT molecular complexity index is 604. The summed E-state index contributed by atoms with van der Waals surface area (Å²) in [5, 5.41) is 17.8. The molecule has 0 unspecified atom stereocenters. The van der Waals surface area contributed by atoms with Crippen molar-refractivity contribution in [2.75, 3.05) is 20.1 Å². The molecule has 1 aliphatic heterocycles. The summed E-state index contributed by atoms with van der Waals surface area (Å²) in [5.41, 5.74) is -0.820. The first kappa shape index (κ1) is 18.7. The number of aromatic nitrogens is 2. The molecule has 1 aromatic rings. The van der Waals surface area contributed by atoms with Crippen molar-refractivity contribution in [2.24, 2.45) is 0 Å². The van der Waals surface area contributed by atoms with E-state index in [0.29, 0.717) is 37.4 Å². The monoisotopic (exact) mass is 356 g/mol. The first-order valence-corrected chi connectivity index (χ1v) is 8.71. The van der Waals surface area contributed by atoms with Gasteiger partial charge >= 0.3 is 0 Å². The van der Waals surface area contributed by atoms with Crippen molar-refractivity contribution in [3.8, 4) is 0 Å². The number of hydrogen-bond donors (Lipinski definition) is 2. The number of piperidine rings is 1. The van der Waals surface area contributed by atoms with Gasteiger partial charge in [-0.1, -0.05) is 18.5 Å². The van der Waals surface area contributed by atoms with Gasteiger partial charge < -0.3 is 15.3 Å². The van der Waals surface area contributed by atoms with Crippen molar-refractivity contribution in [3.63, 3.8) is 0 Å². The van der Waals surface area contributed by atoms with Gasteiger partial charge in [-0.2, -0.15) is 5.10 Å². The molecule has 7 nitrogen and oxygen atoms in total. The van der Waals surface area contributed by atoms with Crippen molar-refractivity contribution in [1.82, 2.24) is 20.0 Å². The van der Waals surface area contributed by atoms with Crippen molar-refractivity contribution >= 4 is 23.4 Å². The van der Waals surface area contributed by atoms with Crippen LogP contribution in [0.3, 0.4) is 0 Å². The number of nitrogens with zero attached hydrogens (tertiary/aromatic N) is 3. The summed E-state index contributed by atoms with van der Waals surface area (Å²) < 4.78 is 1.66. The molecule has 0 saturated carbocycles. The molecule has 8 heteroatoms. The van der Waals surface area contributed by atoms with Crippen LogP contribution in [0.5, 0.6) is 0 Å². The van der Waals surface area contributed by atoms with Crippen molar-refractivity contribution < 1.29 is 14.7 Å². The minimum atomic E-state index is -1.04. The smallest absolute Gasteiger partial charge is 0.276 e. The minimum absolute atomic E-state index is 0.117.